The SMILES string of the molecule is CC(C)N(C(C)C)P(OC(C)(C)C)OC(C)(C)C(=O)OCc1ccccc1. The number of rotatable bonds is 9. The van der Waals surface area contributed by atoms with Crippen LogP contribution in [0, 0.1) is 0 Å². The fourth-order valence-electron chi connectivity index (χ4n) is 2.45. The monoisotopic (exact) mass is 397 g/mol. The van der Waals surface area contributed by atoms with Crippen molar-refractivity contribution in [3.63, 3.8) is 0 Å². The lowest BCUT2D eigenvalue weighted by Crippen LogP contribution is -2.41. The maximum atomic E-state index is 12.7. The van der Waals surface area contributed by atoms with Crippen LogP contribution in [0.1, 0.15) is 67.9 Å². The highest BCUT2D eigenvalue weighted by molar-refractivity contribution is 7.44. The first kappa shape index (κ1) is 24.0. The van der Waals surface area contributed by atoms with Crippen molar-refractivity contribution in [1.29, 1.82) is 0 Å². The van der Waals surface area contributed by atoms with Gasteiger partial charge >= 0.3 is 5.97 Å². The minimum absolute atomic E-state index is 0.217. The van der Waals surface area contributed by atoms with Gasteiger partial charge < -0.3 is 13.8 Å². The van der Waals surface area contributed by atoms with Crippen molar-refractivity contribution in [3.8, 4) is 0 Å². The summed E-state index contributed by atoms with van der Waals surface area (Å²) in [6.07, 6.45) is 0. The zero-order valence-electron chi connectivity index (χ0n) is 18.3. The molecule has 0 heterocycles. The minimum atomic E-state index is -1.44. The maximum Gasteiger partial charge on any atom is 0.338 e. The van der Waals surface area contributed by atoms with Gasteiger partial charge in [0.1, 0.15) is 6.61 Å². The molecule has 27 heavy (non-hydrogen) atoms. The van der Waals surface area contributed by atoms with E-state index in [0.29, 0.717) is 0 Å². The van der Waals surface area contributed by atoms with Crippen molar-refractivity contribution >= 4 is 14.5 Å². The van der Waals surface area contributed by atoms with Gasteiger partial charge in [-0.05, 0) is 67.9 Å². The van der Waals surface area contributed by atoms with Gasteiger partial charge in [0.15, 0.2) is 5.60 Å². The van der Waals surface area contributed by atoms with Crippen LogP contribution in [0.5, 0.6) is 0 Å². The Hall–Kier alpha value is -1.00. The van der Waals surface area contributed by atoms with E-state index in [1.165, 1.54) is 0 Å². The van der Waals surface area contributed by atoms with Gasteiger partial charge in [0, 0.05) is 12.1 Å². The molecule has 1 aromatic carbocycles. The average molecular weight is 397 g/mol. The molecule has 1 rings (SSSR count). The van der Waals surface area contributed by atoms with E-state index in [2.05, 4.69) is 32.4 Å². The van der Waals surface area contributed by atoms with E-state index in [1.807, 2.05) is 51.1 Å². The van der Waals surface area contributed by atoms with Gasteiger partial charge in [-0.25, -0.2) is 9.46 Å². The summed E-state index contributed by atoms with van der Waals surface area (Å²) in [6.45, 7) is 18.1. The molecule has 0 aliphatic carbocycles. The fraction of sp³-hybridized carbons (Fsp3) is 0.667. The molecule has 0 aliphatic rings. The summed E-state index contributed by atoms with van der Waals surface area (Å²) >= 11 is 0. The number of ether oxygens (including phenoxy) is 1. The third-order valence-electron chi connectivity index (χ3n) is 3.61. The zero-order valence-corrected chi connectivity index (χ0v) is 19.2. The predicted octanol–water partition coefficient (Wildman–Crippen LogP) is 5.69. The maximum absolute atomic E-state index is 12.7. The second-order valence-corrected chi connectivity index (χ2v) is 9.98. The number of carbonyl (C=O) groups excluding carboxylic acids is 1. The summed E-state index contributed by atoms with van der Waals surface area (Å²) in [5, 5.41) is 0. The third kappa shape index (κ3) is 8.27. The van der Waals surface area contributed by atoms with Crippen LogP contribution >= 0.6 is 8.53 Å². The lowest BCUT2D eigenvalue weighted by atomic mass is 10.1. The van der Waals surface area contributed by atoms with Crippen LogP contribution in [0.25, 0.3) is 0 Å². The fourth-order valence-corrected chi connectivity index (χ4v) is 4.36. The lowest BCUT2D eigenvalue weighted by Gasteiger charge is -2.41. The summed E-state index contributed by atoms with van der Waals surface area (Å²) in [5.41, 5.74) is -0.563. The Balaban J connectivity index is 2.90. The normalized spacial score (nSPS) is 14.1. The quantitative estimate of drug-likeness (QED) is 0.396. The summed E-state index contributed by atoms with van der Waals surface area (Å²) in [6, 6.07) is 10.1. The van der Waals surface area contributed by atoms with Crippen LogP contribution in [-0.4, -0.2) is 33.9 Å². The molecule has 1 atom stereocenters. The zero-order chi connectivity index (χ0) is 20.8. The highest BCUT2D eigenvalue weighted by atomic mass is 31.2. The van der Waals surface area contributed by atoms with E-state index in [9.17, 15) is 4.79 Å². The van der Waals surface area contributed by atoms with E-state index in [1.54, 1.807) is 13.8 Å². The van der Waals surface area contributed by atoms with Gasteiger partial charge in [-0.1, -0.05) is 30.3 Å². The van der Waals surface area contributed by atoms with E-state index in [4.69, 9.17) is 13.8 Å². The molecule has 1 unspecified atom stereocenters. The van der Waals surface area contributed by atoms with E-state index in [0.717, 1.165) is 5.56 Å². The van der Waals surface area contributed by atoms with Crippen molar-refractivity contribution in [2.75, 3.05) is 0 Å². The second-order valence-electron chi connectivity index (χ2n) is 8.67. The number of carbonyl (C=O) groups is 1. The average Bonchev–Trinajstić information content (AvgIpc) is 2.50. The van der Waals surface area contributed by atoms with Crippen molar-refractivity contribution in [2.24, 2.45) is 0 Å². The Labute approximate surface area is 166 Å². The molecular weight excluding hydrogens is 361 g/mol. The molecule has 154 valence electrons. The van der Waals surface area contributed by atoms with Gasteiger partial charge in [-0.15, -0.1) is 0 Å². The Morgan fingerprint density at radius 3 is 1.93 bits per heavy atom. The molecule has 0 bridgehead atoms. The number of esters is 1. The molecule has 1 aromatic rings. The molecular formula is C21H36NO4P. The van der Waals surface area contributed by atoms with E-state index in [-0.39, 0.29) is 18.7 Å². The lowest BCUT2D eigenvalue weighted by molar-refractivity contribution is -0.161. The number of nitrogens with zero attached hydrogens (tertiary/aromatic N) is 1. The first-order chi connectivity index (χ1) is 12.3. The van der Waals surface area contributed by atoms with Crippen LogP contribution in [0.2, 0.25) is 0 Å². The minimum Gasteiger partial charge on any atom is -0.459 e. The molecule has 0 aliphatic heterocycles. The third-order valence-corrected chi connectivity index (χ3v) is 6.23. The van der Waals surface area contributed by atoms with Gasteiger partial charge in [-0.2, -0.15) is 0 Å². The predicted molar refractivity (Wildman–Crippen MR) is 111 cm³/mol. The summed E-state index contributed by atoms with van der Waals surface area (Å²) in [4.78, 5) is 12.7. The highest BCUT2D eigenvalue weighted by Crippen LogP contribution is 2.51. The highest BCUT2D eigenvalue weighted by Gasteiger charge is 2.40. The molecule has 5 nitrogen and oxygen atoms in total. The van der Waals surface area contributed by atoms with Crippen LogP contribution in [-0.2, 0) is 25.2 Å². The van der Waals surface area contributed by atoms with Crippen molar-refractivity contribution < 1.29 is 18.6 Å². The van der Waals surface area contributed by atoms with Gasteiger partial charge in [0.25, 0.3) is 8.53 Å². The van der Waals surface area contributed by atoms with Crippen molar-refractivity contribution in [2.45, 2.75) is 92.2 Å². The topological polar surface area (TPSA) is 48.0 Å². The number of benzene rings is 1. The summed E-state index contributed by atoms with van der Waals surface area (Å²) in [7, 11) is -1.44. The summed E-state index contributed by atoms with van der Waals surface area (Å²) < 4.78 is 20.1. The smallest absolute Gasteiger partial charge is 0.338 e. The number of hydrogen-bond donors (Lipinski definition) is 0. The molecule has 0 spiro atoms. The standard InChI is InChI=1S/C21H36NO4P/c1-16(2)22(17(3)4)27(25-20(5,6)7)26-21(8,9)19(23)24-15-18-13-11-10-12-14-18/h10-14,16-17H,15H2,1-9H3. The summed E-state index contributed by atoms with van der Waals surface area (Å²) in [5.74, 6) is -0.399. The van der Waals surface area contributed by atoms with E-state index < -0.39 is 25.7 Å². The molecule has 0 N–H and O–H groups in total. The Morgan fingerprint density at radius 2 is 1.48 bits per heavy atom. The number of hydrogen-bond acceptors (Lipinski definition) is 5. The Kier molecular flexibility index (Phi) is 8.88. The molecule has 0 radical (unpaired) electrons. The Morgan fingerprint density at radius 1 is 0.963 bits per heavy atom. The molecule has 0 saturated heterocycles. The first-order valence-corrected chi connectivity index (χ1v) is 10.6. The largest absolute Gasteiger partial charge is 0.459 e. The van der Waals surface area contributed by atoms with Crippen LogP contribution in [0.4, 0.5) is 0 Å². The molecule has 0 fully saturated rings. The molecule has 0 amide bonds. The Bertz CT molecular complexity index is 574. The second kappa shape index (κ2) is 9.97. The molecule has 0 saturated carbocycles. The molecule has 6 heteroatoms. The van der Waals surface area contributed by atoms with E-state index >= 15 is 0 Å². The van der Waals surface area contributed by atoms with Crippen LogP contribution in [0.15, 0.2) is 30.3 Å². The van der Waals surface area contributed by atoms with Gasteiger partial charge in [0.2, 0.25) is 0 Å². The van der Waals surface area contributed by atoms with Crippen LogP contribution in [0.3, 0.4) is 0 Å². The van der Waals surface area contributed by atoms with Gasteiger partial charge in [-0.3, -0.25) is 0 Å². The van der Waals surface area contributed by atoms with Crippen LogP contribution < -0.4 is 0 Å². The van der Waals surface area contributed by atoms with Crippen molar-refractivity contribution in [1.82, 2.24) is 4.67 Å². The molecule has 0 aromatic heterocycles. The first-order valence-electron chi connectivity index (χ1n) is 9.51. The van der Waals surface area contributed by atoms with Crippen molar-refractivity contribution in [3.05, 3.63) is 35.9 Å². The van der Waals surface area contributed by atoms with Gasteiger partial charge in [0.05, 0.1) is 5.60 Å².